The fourth-order valence-corrected chi connectivity index (χ4v) is 2.83. The largest absolute Gasteiger partial charge is 0.445 e. The van der Waals surface area contributed by atoms with Gasteiger partial charge in [0.1, 0.15) is 13.2 Å². The first-order chi connectivity index (χ1) is 9.74. The van der Waals surface area contributed by atoms with E-state index in [4.69, 9.17) is 4.74 Å². The van der Waals surface area contributed by atoms with Gasteiger partial charge in [0.05, 0.1) is 6.04 Å². The van der Waals surface area contributed by atoms with Gasteiger partial charge in [0.25, 0.3) is 0 Å². The van der Waals surface area contributed by atoms with Crippen molar-refractivity contribution in [3.8, 4) is 0 Å². The van der Waals surface area contributed by atoms with E-state index in [0.717, 1.165) is 24.9 Å². The molecule has 0 N–H and O–H groups in total. The lowest BCUT2D eigenvalue weighted by atomic mass is 10.0. The first-order valence-corrected chi connectivity index (χ1v) is 6.99. The first-order valence-electron chi connectivity index (χ1n) is 6.99. The van der Waals surface area contributed by atoms with Crippen molar-refractivity contribution in [3.63, 3.8) is 0 Å². The Hall–Kier alpha value is -2.04. The van der Waals surface area contributed by atoms with Gasteiger partial charge in [-0.15, -0.1) is 0 Å². The van der Waals surface area contributed by atoms with Crippen molar-refractivity contribution >= 4 is 12.0 Å². The number of amides is 2. The van der Waals surface area contributed by atoms with Crippen LogP contribution in [0.5, 0.6) is 0 Å². The fraction of sp³-hybridized carbons (Fsp3) is 0.467. The molecule has 2 amide bonds. The Kier molecular flexibility index (Phi) is 3.58. The molecule has 106 valence electrons. The van der Waals surface area contributed by atoms with E-state index in [9.17, 15) is 9.59 Å². The van der Waals surface area contributed by atoms with Gasteiger partial charge in [0, 0.05) is 13.1 Å². The van der Waals surface area contributed by atoms with Gasteiger partial charge in [-0.1, -0.05) is 30.3 Å². The molecule has 2 fully saturated rings. The molecule has 0 spiro atoms. The van der Waals surface area contributed by atoms with E-state index in [-0.39, 0.29) is 31.2 Å². The number of rotatable bonds is 2. The van der Waals surface area contributed by atoms with Gasteiger partial charge in [-0.05, 0) is 18.4 Å². The Labute approximate surface area is 118 Å². The van der Waals surface area contributed by atoms with Crippen molar-refractivity contribution in [2.75, 3.05) is 19.6 Å². The molecule has 0 aromatic heterocycles. The van der Waals surface area contributed by atoms with Crippen LogP contribution in [-0.2, 0) is 16.1 Å². The molecule has 20 heavy (non-hydrogen) atoms. The van der Waals surface area contributed by atoms with E-state index in [2.05, 4.69) is 0 Å². The Morgan fingerprint density at radius 3 is 2.90 bits per heavy atom. The zero-order chi connectivity index (χ0) is 13.9. The molecule has 1 unspecified atom stereocenters. The standard InChI is InChI=1S/C15H18N2O3/c18-14-10-17(13-7-4-8-16(14)9-13)15(19)20-11-12-5-2-1-3-6-12/h1-3,5-6,13H,4,7-11H2. The summed E-state index contributed by atoms with van der Waals surface area (Å²) < 4.78 is 5.32. The van der Waals surface area contributed by atoms with Crippen LogP contribution < -0.4 is 0 Å². The molecule has 2 aliphatic rings. The fourth-order valence-electron chi connectivity index (χ4n) is 2.83. The number of nitrogens with zero attached hydrogens (tertiary/aromatic N) is 2. The van der Waals surface area contributed by atoms with E-state index in [0.29, 0.717) is 6.54 Å². The van der Waals surface area contributed by atoms with Crippen molar-refractivity contribution in [1.29, 1.82) is 0 Å². The summed E-state index contributed by atoms with van der Waals surface area (Å²) in [7, 11) is 0. The quantitative estimate of drug-likeness (QED) is 0.823. The highest BCUT2D eigenvalue weighted by Gasteiger charge is 2.37. The number of hydrogen-bond donors (Lipinski definition) is 0. The third-order valence-corrected chi connectivity index (χ3v) is 3.94. The summed E-state index contributed by atoms with van der Waals surface area (Å²) in [5, 5.41) is 0. The minimum Gasteiger partial charge on any atom is -0.445 e. The Morgan fingerprint density at radius 2 is 2.10 bits per heavy atom. The summed E-state index contributed by atoms with van der Waals surface area (Å²) >= 11 is 0. The van der Waals surface area contributed by atoms with Crippen LogP contribution in [0.2, 0.25) is 0 Å². The number of piperazine rings is 1. The van der Waals surface area contributed by atoms with E-state index in [1.165, 1.54) is 0 Å². The van der Waals surface area contributed by atoms with Gasteiger partial charge in [0.2, 0.25) is 5.91 Å². The maximum Gasteiger partial charge on any atom is 0.410 e. The molecule has 0 saturated carbocycles. The monoisotopic (exact) mass is 274 g/mol. The number of fused-ring (bicyclic) bond motifs is 2. The molecule has 5 heteroatoms. The van der Waals surface area contributed by atoms with Gasteiger partial charge < -0.3 is 9.64 Å². The zero-order valence-electron chi connectivity index (χ0n) is 11.3. The summed E-state index contributed by atoms with van der Waals surface area (Å²) in [6.45, 7) is 1.88. The van der Waals surface area contributed by atoms with E-state index in [1.807, 2.05) is 35.2 Å². The minimum absolute atomic E-state index is 0.0256. The molecule has 5 nitrogen and oxygen atoms in total. The Bertz CT molecular complexity index is 503. The number of carbonyl (C=O) groups excluding carboxylic acids is 2. The molecular weight excluding hydrogens is 256 g/mol. The van der Waals surface area contributed by atoms with Crippen molar-refractivity contribution in [2.45, 2.75) is 25.5 Å². The third kappa shape index (κ3) is 2.61. The number of carbonyl (C=O) groups is 2. The topological polar surface area (TPSA) is 49.9 Å². The third-order valence-electron chi connectivity index (χ3n) is 3.94. The summed E-state index contributed by atoms with van der Waals surface area (Å²) in [6.07, 6.45) is 1.53. The van der Waals surface area contributed by atoms with Gasteiger partial charge in [-0.25, -0.2) is 4.79 Å². The summed E-state index contributed by atoms with van der Waals surface area (Å²) in [5.41, 5.74) is 0.953. The molecule has 0 radical (unpaired) electrons. The minimum atomic E-state index is -0.381. The first kappa shape index (κ1) is 13.0. The highest BCUT2D eigenvalue weighted by atomic mass is 16.6. The number of benzene rings is 1. The van der Waals surface area contributed by atoms with Gasteiger partial charge in [-0.2, -0.15) is 0 Å². The predicted molar refractivity (Wildman–Crippen MR) is 72.9 cm³/mol. The smallest absolute Gasteiger partial charge is 0.410 e. The Morgan fingerprint density at radius 1 is 1.30 bits per heavy atom. The molecule has 2 aliphatic heterocycles. The van der Waals surface area contributed by atoms with Crippen molar-refractivity contribution in [3.05, 3.63) is 35.9 Å². The highest BCUT2D eigenvalue weighted by Crippen LogP contribution is 2.22. The molecule has 2 saturated heterocycles. The average molecular weight is 274 g/mol. The van der Waals surface area contributed by atoms with Crippen LogP contribution in [0.15, 0.2) is 30.3 Å². The van der Waals surface area contributed by atoms with Gasteiger partial charge in [0.15, 0.2) is 0 Å². The number of piperidine rings is 1. The summed E-state index contributed by atoms with van der Waals surface area (Å²) in [6, 6.07) is 9.68. The lowest BCUT2D eigenvalue weighted by Crippen LogP contribution is -2.60. The highest BCUT2D eigenvalue weighted by molar-refractivity contribution is 5.84. The summed E-state index contributed by atoms with van der Waals surface area (Å²) in [4.78, 5) is 27.4. The van der Waals surface area contributed by atoms with Crippen molar-refractivity contribution in [2.24, 2.45) is 0 Å². The maximum absolute atomic E-state index is 12.2. The van der Waals surface area contributed by atoms with E-state index < -0.39 is 0 Å². The maximum atomic E-state index is 12.2. The molecule has 0 aliphatic carbocycles. The van der Waals surface area contributed by atoms with Crippen molar-refractivity contribution < 1.29 is 14.3 Å². The molecule has 3 rings (SSSR count). The summed E-state index contributed by atoms with van der Waals surface area (Å²) in [5.74, 6) is 0.0256. The van der Waals surface area contributed by atoms with Crippen LogP contribution >= 0.6 is 0 Å². The molecule has 1 aromatic carbocycles. The van der Waals surface area contributed by atoms with Crippen LogP contribution in [0.1, 0.15) is 18.4 Å². The average Bonchev–Trinajstić information content (AvgIpc) is 2.50. The van der Waals surface area contributed by atoms with Gasteiger partial charge >= 0.3 is 6.09 Å². The second-order valence-electron chi connectivity index (χ2n) is 5.30. The number of hydrogen-bond acceptors (Lipinski definition) is 3. The molecular formula is C15H18N2O3. The molecule has 2 bridgehead atoms. The SMILES string of the molecule is O=C1CN(C(=O)OCc2ccccc2)C2CCCN1C2. The van der Waals surface area contributed by atoms with E-state index in [1.54, 1.807) is 4.90 Å². The molecule has 1 aromatic rings. The predicted octanol–water partition coefficient (Wildman–Crippen LogP) is 1.63. The normalized spacial score (nSPS) is 21.8. The molecule has 1 atom stereocenters. The zero-order valence-corrected chi connectivity index (χ0v) is 11.3. The lowest BCUT2D eigenvalue weighted by molar-refractivity contribution is -0.140. The van der Waals surface area contributed by atoms with Crippen molar-refractivity contribution in [1.82, 2.24) is 9.80 Å². The number of ether oxygens (including phenoxy) is 1. The van der Waals surface area contributed by atoms with Crippen LogP contribution in [0.3, 0.4) is 0 Å². The lowest BCUT2D eigenvalue weighted by Gasteiger charge is -2.43. The van der Waals surface area contributed by atoms with E-state index >= 15 is 0 Å². The van der Waals surface area contributed by atoms with Crippen LogP contribution in [0.25, 0.3) is 0 Å². The van der Waals surface area contributed by atoms with Crippen LogP contribution in [0, 0.1) is 0 Å². The van der Waals surface area contributed by atoms with Gasteiger partial charge in [-0.3, -0.25) is 9.69 Å². The Balaban J connectivity index is 1.60. The van der Waals surface area contributed by atoms with Crippen LogP contribution in [-0.4, -0.2) is 47.5 Å². The molecule has 2 heterocycles. The second kappa shape index (κ2) is 5.53. The second-order valence-corrected chi connectivity index (χ2v) is 5.30. The van der Waals surface area contributed by atoms with Crippen LogP contribution in [0.4, 0.5) is 4.79 Å².